The van der Waals surface area contributed by atoms with E-state index in [-0.39, 0.29) is 18.8 Å². The zero-order chi connectivity index (χ0) is 19.6. The van der Waals surface area contributed by atoms with Crippen LogP contribution in [0.15, 0.2) is 54.7 Å². The fourth-order valence-corrected chi connectivity index (χ4v) is 3.98. The molecule has 3 aromatic rings. The number of aromatic nitrogens is 1. The molecular weight excluding hydrogens is 371 g/mol. The number of fused-ring (bicyclic) bond motifs is 1. The third-order valence-corrected chi connectivity index (χ3v) is 5.41. The minimum Gasteiger partial charge on any atom is -0.389 e. The number of carbonyl (C=O) groups excluding carboxylic acids is 1. The van der Waals surface area contributed by atoms with Crippen molar-refractivity contribution in [3.63, 3.8) is 0 Å². The zero-order valence-corrected chi connectivity index (χ0v) is 15.4. The fourth-order valence-electron chi connectivity index (χ4n) is 3.04. The van der Waals surface area contributed by atoms with Gasteiger partial charge in [-0.25, -0.2) is 12.8 Å². The van der Waals surface area contributed by atoms with Gasteiger partial charge in [-0.05, 0) is 30.3 Å². The Kier molecular flexibility index (Phi) is 5.29. The Labute approximate surface area is 156 Å². The van der Waals surface area contributed by atoms with Gasteiger partial charge in [0, 0.05) is 22.7 Å². The third-order valence-electron chi connectivity index (χ3n) is 4.25. The van der Waals surface area contributed by atoms with E-state index in [1.807, 2.05) is 24.3 Å². The Balaban J connectivity index is 1.86. The standard InChI is InChI=1S/C19H19FN2O4S/c1-27(25,26)22(16-8-6-15(20)7-9-16)12-17(24)11-21-10-14(13-23)18-4-2-3-5-19(18)21/h2-10,13,17,24H,11-12H2,1H3/t17-/m0/s1. The lowest BCUT2D eigenvalue weighted by atomic mass is 10.2. The normalized spacial score (nSPS) is 12.9. The summed E-state index contributed by atoms with van der Waals surface area (Å²) in [7, 11) is -3.67. The number of anilines is 1. The van der Waals surface area contributed by atoms with Crippen LogP contribution in [0.25, 0.3) is 10.9 Å². The highest BCUT2D eigenvalue weighted by Crippen LogP contribution is 2.22. The summed E-state index contributed by atoms with van der Waals surface area (Å²) >= 11 is 0. The molecule has 0 unspecified atom stereocenters. The monoisotopic (exact) mass is 390 g/mol. The summed E-state index contributed by atoms with van der Waals surface area (Å²) in [5.41, 5.74) is 1.53. The molecule has 0 bridgehead atoms. The first kappa shape index (κ1) is 19.1. The number of aldehydes is 1. The van der Waals surface area contributed by atoms with Crippen molar-refractivity contribution in [3.8, 4) is 0 Å². The second kappa shape index (κ2) is 7.50. The number of halogens is 1. The van der Waals surface area contributed by atoms with Gasteiger partial charge in [0.05, 0.1) is 31.1 Å². The van der Waals surface area contributed by atoms with E-state index in [1.165, 1.54) is 12.1 Å². The average molecular weight is 390 g/mol. The Bertz CT molecular complexity index is 1060. The number of aliphatic hydroxyl groups excluding tert-OH is 1. The van der Waals surface area contributed by atoms with Crippen LogP contribution in [0, 0.1) is 5.82 Å². The van der Waals surface area contributed by atoms with Crippen LogP contribution in [0.3, 0.4) is 0 Å². The Hall–Kier alpha value is -2.71. The topological polar surface area (TPSA) is 79.6 Å². The molecule has 8 heteroatoms. The van der Waals surface area contributed by atoms with Crippen LogP contribution in [0.4, 0.5) is 10.1 Å². The Morgan fingerprint density at radius 1 is 1.19 bits per heavy atom. The van der Waals surface area contributed by atoms with Gasteiger partial charge in [0.25, 0.3) is 0 Å². The van der Waals surface area contributed by atoms with E-state index in [1.54, 1.807) is 10.8 Å². The van der Waals surface area contributed by atoms with Gasteiger partial charge in [0.2, 0.25) is 10.0 Å². The first-order chi connectivity index (χ1) is 12.8. The van der Waals surface area contributed by atoms with Crippen molar-refractivity contribution in [1.29, 1.82) is 0 Å². The minimum atomic E-state index is -3.67. The molecule has 3 rings (SSSR count). The number of rotatable bonds is 7. The maximum absolute atomic E-state index is 13.1. The quantitative estimate of drug-likeness (QED) is 0.629. The highest BCUT2D eigenvalue weighted by Gasteiger charge is 2.22. The summed E-state index contributed by atoms with van der Waals surface area (Å²) in [5.74, 6) is -0.479. The van der Waals surface area contributed by atoms with Crippen molar-refractivity contribution in [2.45, 2.75) is 12.6 Å². The molecule has 0 saturated carbocycles. The maximum Gasteiger partial charge on any atom is 0.232 e. The number of benzene rings is 2. The van der Waals surface area contributed by atoms with Crippen LogP contribution in [-0.2, 0) is 16.6 Å². The van der Waals surface area contributed by atoms with Crippen molar-refractivity contribution >= 4 is 32.9 Å². The molecule has 0 aliphatic heterocycles. The second-order valence-electron chi connectivity index (χ2n) is 6.30. The molecule has 0 aliphatic carbocycles. The number of nitrogens with zero attached hydrogens (tertiary/aromatic N) is 2. The summed E-state index contributed by atoms with van der Waals surface area (Å²) in [4.78, 5) is 11.2. The smallest absolute Gasteiger partial charge is 0.232 e. The van der Waals surface area contributed by atoms with Gasteiger partial charge in [-0.1, -0.05) is 18.2 Å². The summed E-state index contributed by atoms with van der Waals surface area (Å²) in [5, 5.41) is 11.3. The minimum absolute atomic E-state index is 0.0988. The molecular formula is C19H19FN2O4S. The van der Waals surface area contributed by atoms with Gasteiger partial charge >= 0.3 is 0 Å². The molecule has 1 N–H and O–H groups in total. The largest absolute Gasteiger partial charge is 0.389 e. The van der Waals surface area contributed by atoms with Crippen LogP contribution in [0.2, 0.25) is 0 Å². The summed E-state index contributed by atoms with van der Waals surface area (Å²) in [6.45, 7) is -0.102. The number of hydrogen-bond acceptors (Lipinski definition) is 4. The molecule has 1 aromatic heterocycles. The van der Waals surface area contributed by atoms with Gasteiger partial charge in [-0.3, -0.25) is 9.10 Å². The molecule has 0 radical (unpaired) electrons. The van der Waals surface area contributed by atoms with Gasteiger partial charge in [0.1, 0.15) is 5.82 Å². The molecule has 0 saturated heterocycles. The van der Waals surface area contributed by atoms with E-state index < -0.39 is 21.9 Å². The molecule has 6 nitrogen and oxygen atoms in total. The summed E-state index contributed by atoms with van der Waals surface area (Å²) in [6.07, 6.45) is 2.36. The lowest BCUT2D eigenvalue weighted by Crippen LogP contribution is -2.38. The predicted octanol–water partition coefficient (Wildman–Crippen LogP) is 2.42. The van der Waals surface area contributed by atoms with Gasteiger partial charge in [-0.2, -0.15) is 0 Å². The summed E-state index contributed by atoms with van der Waals surface area (Å²) in [6, 6.07) is 12.3. The molecule has 0 spiro atoms. The molecule has 2 aromatic carbocycles. The third kappa shape index (κ3) is 4.17. The number of para-hydroxylation sites is 1. The van der Waals surface area contributed by atoms with Gasteiger partial charge in [-0.15, -0.1) is 0 Å². The first-order valence-electron chi connectivity index (χ1n) is 8.24. The molecule has 0 aliphatic rings. The van der Waals surface area contributed by atoms with E-state index in [2.05, 4.69) is 0 Å². The molecule has 27 heavy (non-hydrogen) atoms. The van der Waals surface area contributed by atoms with Crippen molar-refractivity contribution in [2.75, 3.05) is 17.1 Å². The molecule has 0 amide bonds. The maximum atomic E-state index is 13.1. The van der Waals surface area contributed by atoms with E-state index in [9.17, 15) is 22.7 Å². The Morgan fingerprint density at radius 3 is 2.48 bits per heavy atom. The number of aliphatic hydroxyl groups is 1. The number of hydrogen-bond donors (Lipinski definition) is 1. The Morgan fingerprint density at radius 2 is 1.85 bits per heavy atom. The number of sulfonamides is 1. The van der Waals surface area contributed by atoms with Crippen LogP contribution < -0.4 is 4.31 Å². The summed E-state index contributed by atoms with van der Waals surface area (Å²) < 4.78 is 40.2. The molecule has 0 fully saturated rings. The van der Waals surface area contributed by atoms with Crippen molar-refractivity contribution in [2.24, 2.45) is 0 Å². The lowest BCUT2D eigenvalue weighted by Gasteiger charge is -2.25. The van der Waals surface area contributed by atoms with Crippen LogP contribution >= 0.6 is 0 Å². The van der Waals surface area contributed by atoms with E-state index in [0.717, 1.165) is 39.9 Å². The number of carbonyl (C=O) groups is 1. The van der Waals surface area contributed by atoms with Crippen LogP contribution in [0.1, 0.15) is 10.4 Å². The average Bonchev–Trinajstić information content (AvgIpc) is 2.98. The zero-order valence-electron chi connectivity index (χ0n) is 14.6. The highest BCUT2D eigenvalue weighted by atomic mass is 32.2. The first-order valence-corrected chi connectivity index (χ1v) is 10.1. The van der Waals surface area contributed by atoms with E-state index in [0.29, 0.717) is 5.56 Å². The van der Waals surface area contributed by atoms with Crippen molar-refractivity contribution in [1.82, 2.24) is 4.57 Å². The predicted molar refractivity (Wildman–Crippen MR) is 102 cm³/mol. The SMILES string of the molecule is CS(=O)(=O)N(C[C@@H](O)Cn1cc(C=O)c2ccccc21)c1ccc(F)cc1. The molecule has 142 valence electrons. The van der Waals surface area contributed by atoms with Gasteiger partial charge < -0.3 is 9.67 Å². The highest BCUT2D eigenvalue weighted by molar-refractivity contribution is 7.92. The van der Waals surface area contributed by atoms with Crippen LogP contribution in [0.5, 0.6) is 0 Å². The fraction of sp³-hybridized carbons (Fsp3) is 0.211. The lowest BCUT2D eigenvalue weighted by molar-refractivity contribution is 0.112. The van der Waals surface area contributed by atoms with Crippen molar-refractivity contribution in [3.05, 3.63) is 66.1 Å². The van der Waals surface area contributed by atoms with Crippen molar-refractivity contribution < 1.29 is 22.7 Å². The van der Waals surface area contributed by atoms with E-state index >= 15 is 0 Å². The second-order valence-corrected chi connectivity index (χ2v) is 8.20. The molecule has 1 atom stereocenters. The van der Waals surface area contributed by atoms with Crippen LogP contribution in [-0.4, -0.2) is 43.3 Å². The molecule has 1 heterocycles. The van der Waals surface area contributed by atoms with E-state index in [4.69, 9.17) is 0 Å². The van der Waals surface area contributed by atoms with Gasteiger partial charge in [0.15, 0.2) is 6.29 Å².